The van der Waals surface area contributed by atoms with Gasteiger partial charge in [0.2, 0.25) is 0 Å². The van der Waals surface area contributed by atoms with E-state index in [2.05, 4.69) is 4.98 Å². The highest BCUT2D eigenvalue weighted by Gasteiger charge is 2.13. The first kappa shape index (κ1) is 14.6. The summed E-state index contributed by atoms with van der Waals surface area (Å²) in [5, 5.41) is 0.109. The van der Waals surface area contributed by atoms with Crippen LogP contribution in [0.15, 0.2) is 12.1 Å². The maximum atomic E-state index is 13.5. The minimum absolute atomic E-state index is 0.109. The lowest BCUT2D eigenvalue weighted by atomic mass is 10.3. The molecule has 0 aliphatic heterocycles. The van der Waals surface area contributed by atoms with Crippen LogP contribution in [-0.4, -0.2) is 29.1 Å². The van der Waals surface area contributed by atoms with Crippen LogP contribution < -0.4 is 0 Å². The molecule has 2 rings (SSSR count). The smallest absolute Gasteiger partial charge is 0.144 e. The lowest BCUT2D eigenvalue weighted by Crippen LogP contribution is -2.06. The van der Waals surface area contributed by atoms with E-state index in [1.165, 1.54) is 6.07 Å². The molecule has 1 aromatic heterocycles. The van der Waals surface area contributed by atoms with Crippen molar-refractivity contribution < 1.29 is 9.13 Å². The zero-order valence-electron chi connectivity index (χ0n) is 10.6. The van der Waals surface area contributed by atoms with E-state index in [1.807, 2.05) is 4.57 Å². The van der Waals surface area contributed by atoms with E-state index in [-0.39, 0.29) is 5.02 Å². The van der Waals surface area contributed by atoms with Gasteiger partial charge in [0.1, 0.15) is 11.6 Å². The van der Waals surface area contributed by atoms with Crippen molar-refractivity contribution in [3.63, 3.8) is 0 Å². The van der Waals surface area contributed by atoms with Crippen LogP contribution in [0.4, 0.5) is 4.39 Å². The number of halogens is 3. The number of nitrogens with zero attached hydrogens (tertiary/aromatic N) is 2. The van der Waals surface area contributed by atoms with Crippen molar-refractivity contribution in [1.29, 1.82) is 0 Å². The molecule has 0 amide bonds. The normalized spacial score (nSPS) is 11.4. The zero-order chi connectivity index (χ0) is 13.8. The third-order valence-electron chi connectivity index (χ3n) is 2.92. The van der Waals surface area contributed by atoms with Crippen molar-refractivity contribution in [2.75, 3.05) is 19.6 Å². The second-order valence-corrected chi connectivity index (χ2v) is 5.01. The molecule has 0 saturated carbocycles. The molecule has 3 nitrogen and oxygen atoms in total. The predicted octanol–water partition coefficient (Wildman–Crippen LogP) is 3.65. The van der Waals surface area contributed by atoms with Crippen LogP contribution in [0.5, 0.6) is 0 Å². The summed E-state index contributed by atoms with van der Waals surface area (Å²) in [5.41, 5.74) is 1.45. The number of hydrogen-bond donors (Lipinski definition) is 0. The fraction of sp³-hybridized carbons (Fsp3) is 0.462. The summed E-state index contributed by atoms with van der Waals surface area (Å²) in [6, 6.07) is 2.98. The first-order valence-electron chi connectivity index (χ1n) is 6.06. The Morgan fingerprint density at radius 2 is 2.21 bits per heavy atom. The Bertz CT molecular complexity index is 571. The SMILES string of the molecule is COCCCn1c(CCCl)nc2cc(F)c(Cl)cc21. The molecule has 0 unspecified atom stereocenters. The highest BCUT2D eigenvalue weighted by Crippen LogP contribution is 2.24. The van der Waals surface area contributed by atoms with E-state index in [1.54, 1.807) is 13.2 Å². The molecule has 19 heavy (non-hydrogen) atoms. The number of imidazole rings is 1. The molecule has 0 aliphatic rings. The number of aromatic nitrogens is 2. The van der Waals surface area contributed by atoms with Crippen molar-refractivity contribution in [2.24, 2.45) is 0 Å². The van der Waals surface area contributed by atoms with E-state index in [0.717, 1.165) is 24.3 Å². The molecule has 0 spiro atoms. The van der Waals surface area contributed by atoms with E-state index in [9.17, 15) is 4.39 Å². The Morgan fingerprint density at radius 1 is 1.42 bits per heavy atom. The summed E-state index contributed by atoms with van der Waals surface area (Å²) in [4.78, 5) is 4.42. The number of rotatable bonds is 6. The largest absolute Gasteiger partial charge is 0.385 e. The fourth-order valence-corrected chi connectivity index (χ4v) is 2.39. The van der Waals surface area contributed by atoms with Gasteiger partial charge in [-0.05, 0) is 12.5 Å². The van der Waals surface area contributed by atoms with Gasteiger partial charge in [-0.25, -0.2) is 9.37 Å². The molecule has 2 aromatic rings. The molecule has 0 aliphatic carbocycles. The molecule has 1 heterocycles. The lowest BCUT2D eigenvalue weighted by Gasteiger charge is -2.08. The van der Waals surface area contributed by atoms with Crippen LogP contribution in [0.1, 0.15) is 12.2 Å². The molecule has 104 valence electrons. The predicted molar refractivity (Wildman–Crippen MR) is 75.6 cm³/mol. The average Bonchev–Trinajstić information content (AvgIpc) is 2.69. The summed E-state index contributed by atoms with van der Waals surface area (Å²) in [7, 11) is 1.66. The second-order valence-electron chi connectivity index (χ2n) is 4.22. The highest BCUT2D eigenvalue weighted by atomic mass is 35.5. The van der Waals surface area contributed by atoms with Crippen LogP contribution >= 0.6 is 23.2 Å². The molecular formula is C13H15Cl2FN2O. The van der Waals surface area contributed by atoms with E-state index < -0.39 is 5.82 Å². The fourth-order valence-electron chi connectivity index (χ4n) is 2.06. The summed E-state index contributed by atoms with van der Waals surface area (Å²) < 4.78 is 20.5. The van der Waals surface area contributed by atoms with Gasteiger partial charge >= 0.3 is 0 Å². The number of ether oxygens (including phenoxy) is 1. The number of alkyl halides is 1. The van der Waals surface area contributed by atoms with Crippen molar-refractivity contribution in [1.82, 2.24) is 9.55 Å². The number of aryl methyl sites for hydroxylation is 2. The highest BCUT2D eigenvalue weighted by molar-refractivity contribution is 6.31. The summed E-state index contributed by atoms with van der Waals surface area (Å²) in [6.07, 6.45) is 1.49. The quantitative estimate of drug-likeness (QED) is 0.602. The van der Waals surface area contributed by atoms with Gasteiger partial charge in [-0.2, -0.15) is 0 Å². The van der Waals surface area contributed by atoms with Crippen LogP contribution in [0, 0.1) is 5.82 Å². The van der Waals surface area contributed by atoms with Crippen LogP contribution in [0.2, 0.25) is 5.02 Å². The Labute approximate surface area is 121 Å². The van der Waals surface area contributed by atoms with Gasteiger partial charge in [0.15, 0.2) is 0 Å². The molecule has 0 saturated heterocycles. The molecule has 0 bridgehead atoms. The minimum Gasteiger partial charge on any atom is -0.385 e. The van der Waals surface area contributed by atoms with E-state index in [0.29, 0.717) is 24.4 Å². The molecule has 0 atom stereocenters. The first-order chi connectivity index (χ1) is 9.17. The number of benzene rings is 1. The van der Waals surface area contributed by atoms with E-state index in [4.69, 9.17) is 27.9 Å². The maximum Gasteiger partial charge on any atom is 0.144 e. The van der Waals surface area contributed by atoms with Crippen LogP contribution in [0.25, 0.3) is 11.0 Å². The Hall–Kier alpha value is -0.840. The Balaban J connectivity index is 2.43. The van der Waals surface area contributed by atoms with Gasteiger partial charge in [-0.3, -0.25) is 0 Å². The molecule has 1 aromatic carbocycles. The second kappa shape index (κ2) is 6.55. The van der Waals surface area contributed by atoms with Gasteiger partial charge in [0.25, 0.3) is 0 Å². The van der Waals surface area contributed by atoms with Crippen molar-refractivity contribution in [2.45, 2.75) is 19.4 Å². The van der Waals surface area contributed by atoms with Crippen molar-refractivity contribution in [3.8, 4) is 0 Å². The standard InChI is InChI=1S/C13H15Cl2FN2O/c1-19-6-2-5-18-12-7-9(15)10(16)8-11(12)17-13(18)3-4-14/h7-8H,2-6H2,1H3. The molecular weight excluding hydrogens is 290 g/mol. The third-order valence-corrected chi connectivity index (χ3v) is 3.40. The Morgan fingerprint density at radius 3 is 2.89 bits per heavy atom. The lowest BCUT2D eigenvalue weighted by molar-refractivity contribution is 0.190. The van der Waals surface area contributed by atoms with Gasteiger partial charge in [0.05, 0.1) is 16.1 Å². The zero-order valence-corrected chi connectivity index (χ0v) is 12.1. The topological polar surface area (TPSA) is 27.1 Å². The van der Waals surface area contributed by atoms with E-state index >= 15 is 0 Å². The van der Waals surface area contributed by atoms with Gasteiger partial charge in [0, 0.05) is 38.6 Å². The molecule has 0 N–H and O–H groups in total. The van der Waals surface area contributed by atoms with Gasteiger partial charge < -0.3 is 9.30 Å². The van der Waals surface area contributed by atoms with Crippen molar-refractivity contribution >= 4 is 34.2 Å². The summed E-state index contributed by atoms with van der Waals surface area (Å²) in [5.74, 6) is 0.875. The molecule has 6 heteroatoms. The van der Waals surface area contributed by atoms with Crippen molar-refractivity contribution in [3.05, 3.63) is 28.8 Å². The monoisotopic (exact) mass is 304 g/mol. The molecule has 0 fully saturated rings. The van der Waals surface area contributed by atoms with Crippen LogP contribution in [0.3, 0.4) is 0 Å². The number of fused-ring (bicyclic) bond motifs is 1. The van der Waals surface area contributed by atoms with Gasteiger partial charge in [-0.1, -0.05) is 11.6 Å². The third kappa shape index (κ3) is 3.19. The first-order valence-corrected chi connectivity index (χ1v) is 6.97. The minimum atomic E-state index is -0.451. The summed E-state index contributed by atoms with van der Waals surface area (Å²) >= 11 is 11.6. The number of hydrogen-bond acceptors (Lipinski definition) is 2. The summed E-state index contributed by atoms with van der Waals surface area (Å²) in [6.45, 7) is 1.41. The average molecular weight is 305 g/mol. The van der Waals surface area contributed by atoms with Gasteiger partial charge in [-0.15, -0.1) is 11.6 Å². The Kier molecular flexibility index (Phi) is 5.02. The van der Waals surface area contributed by atoms with Crippen LogP contribution in [-0.2, 0) is 17.7 Å². The number of methoxy groups -OCH3 is 1. The maximum absolute atomic E-state index is 13.5. The molecule has 0 radical (unpaired) electrons.